The number of urea groups is 1. The number of rotatable bonds is 4. The Hall–Kier alpha value is -3.08. The van der Waals surface area contributed by atoms with Gasteiger partial charge in [0.2, 0.25) is 0 Å². The van der Waals surface area contributed by atoms with Crippen molar-refractivity contribution in [2.45, 2.75) is 38.7 Å². The molecule has 1 fully saturated rings. The van der Waals surface area contributed by atoms with Crippen molar-refractivity contribution >= 4 is 22.6 Å². The summed E-state index contributed by atoms with van der Waals surface area (Å²) in [6.45, 7) is 5.49. The molecule has 5 heteroatoms. The maximum atomic E-state index is 12.7. The molecule has 3 aromatic rings. The van der Waals surface area contributed by atoms with Crippen LogP contribution in [0.1, 0.15) is 38.2 Å². The number of carbonyl (C=O) groups excluding carboxylic acids is 1. The van der Waals surface area contributed by atoms with Crippen molar-refractivity contribution in [2.75, 3.05) is 18.4 Å². The summed E-state index contributed by atoms with van der Waals surface area (Å²) < 4.78 is 5.65. The van der Waals surface area contributed by atoms with Crippen LogP contribution in [0.3, 0.4) is 0 Å². The van der Waals surface area contributed by atoms with Gasteiger partial charge in [-0.2, -0.15) is 0 Å². The van der Waals surface area contributed by atoms with Gasteiger partial charge in [-0.3, -0.25) is 4.98 Å². The first kappa shape index (κ1) is 19.2. The van der Waals surface area contributed by atoms with Crippen molar-refractivity contribution in [3.8, 4) is 5.75 Å². The van der Waals surface area contributed by atoms with E-state index in [9.17, 15) is 4.79 Å². The Balaban J connectivity index is 1.36. The summed E-state index contributed by atoms with van der Waals surface area (Å²) in [5.74, 6) is 1.27. The number of aromatic nitrogens is 1. The van der Waals surface area contributed by atoms with Gasteiger partial charge >= 0.3 is 6.03 Å². The highest BCUT2D eigenvalue weighted by Gasteiger charge is 2.25. The van der Waals surface area contributed by atoms with Crippen LogP contribution in [0.15, 0.2) is 60.8 Å². The van der Waals surface area contributed by atoms with Gasteiger partial charge in [-0.1, -0.05) is 18.2 Å². The standard InChI is InChI=1S/C24H27N3O2/c1-17(2)29-20-9-7-19(8-10-20)26-24(28)27-15-12-18(13-16-27)21-11-14-25-23-6-4-3-5-22(21)23/h3-11,14,17-18H,12-13,15-16H2,1-2H3,(H,26,28). The first-order chi connectivity index (χ1) is 14.1. The van der Waals surface area contributed by atoms with Crippen molar-refractivity contribution in [1.82, 2.24) is 9.88 Å². The molecule has 1 aromatic heterocycles. The predicted molar refractivity (Wildman–Crippen MR) is 117 cm³/mol. The topological polar surface area (TPSA) is 54.5 Å². The number of fused-ring (bicyclic) bond motifs is 1. The van der Waals surface area contributed by atoms with Gasteiger partial charge in [-0.05, 0) is 74.6 Å². The second-order valence-electron chi connectivity index (χ2n) is 7.80. The first-order valence-corrected chi connectivity index (χ1v) is 10.3. The average Bonchev–Trinajstić information content (AvgIpc) is 2.74. The lowest BCUT2D eigenvalue weighted by Gasteiger charge is -2.32. The first-order valence-electron chi connectivity index (χ1n) is 10.3. The normalized spacial score (nSPS) is 14.9. The largest absolute Gasteiger partial charge is 0.491 e. The number of pyridine rings is 1. The highest BCUT2D eigenvalue weighted by atomic mass is 16.5. The van der Waals surface area contributed by atoms with Gasteiger partial charge < -0.3 is 15.0 Å². The zero-order valence-corrected chi connectivity index (χ0v) is 17.0. The molecule has 29 heavy (non-hydrogen) atoms. The molecule has 2 amide bonds. The fourth-order valence-corrected chi connectivity index (χ4v) is 3.96. The number of carbonyl (C=O) groups is 1. The molecule has 2 aromatic carbocycles. The summed E-state index contributed by atoms with van der Waals surface area (Å²) in [4.78, 5) is 19.0. The van der Waals surface area contributed by atoms with Crippen LogP contribution >= 0.6 is 0 Å². The molecular weight excluding hydrogens is 362 g/mol. The Morgan fingerprint density at radius 1 is 1.07 bits per heavy atom. The van der Waals surface area contributed by atoms with Crippen molar-refractivity contribution in [2.24, 2.45) is 0 Å². The Morgan fingerprint density at radius 3 is 2.52 bits per heavy atom. The maximum Gasteiger partial charge on any atom is 0.321 e. The molecule has 1 aliphatic heterocycles. The second-order valence-corrected chi connectivity index (χ2v) is 7.80. The van der Waals surface area contributed by atoms with Crippen LogP contribution in [0.4, 0.5) is 10.5 Å². The van der Waals surface area contributed by atoms with E-state index >= 15 is 0 Å². The summed E-state index contributed by atoms with van der Waals surface area (Å²) in [7, 11) is 0. The number of amides is 2. The lowest BCUT2D eigenvalue weighted by molar-refractivity contribution is 0.194. The van der Waals surface area contributed by atoms with E-state index in [-0.39, 0.29) is 12.1 Å². The number of nitrogens with one attached hydrogen (secondary N) is 1. The number of anilines is 1. The smallest absolute Gasteiger partial charge is 0.321 e. The summed E-state index contributed by atoms with van der Waals surface area (Å²) in [5, 5.41) is 4.22. The van der Waals surface area contributed by atoms with Gasteiger partial charge in [0, 0.05) is 30.4 Å². The van der Waals surface area contributed by atoms with Gasteiger partial charge in [-0.25, -0.2) is 4.79 Å². The number of benzene rings is 2. The van der Waals surface area contributed by atoms with Gasteiger partial charge in [0.15, 0.2) is 0 Å². The number of hydrogen-bond donors (Lipinski definition) is 1. The van der Waals surface area contributed by atoms with Crippen molar-refractivity contribution in [3.63, 3.8) is 0 Å². The molecule has 5 nitrogen and oxygen atoms in total. The minimum absolute atomic E-state index is 0.0411. The fraction of sp³-hybridized carbons (Fsp3) is 0.333. The average molecular weight is 389 g/mol. The molecule has 1 aliphatic rings. The SMILES string of the molecule is CC(C)Oc1ccc(NC(=O)N2CCC(c3ccnc4ccccc34)CC2)cc1. The van der Waals surface area contributed by atoms with Crippen molar-refractivity contribution < 1.29 is 9.53 Å². The third-order valence-corrected chi connectivity index (χ3v) is 5.38. The van der Waals surface area contributed by atoms with Crippen LogP contribution < -0.4 is 10.1 Å². The third kappa shape index (κ3) is 4.50. The quantitative estimate of drug-likeness (QED) is 0.647. The molecular formula is C24H27N3O2. The van der Waals surface area contributed by atoms with Gasteiger partial charge in [0.05, 0.1) is 11.6 Å². The van der Waals surface area contributed by atoms with Crippen LogP contribution in [-0.4, -0.2) is 35.1 Å². The molecule has 0 spiro atoms. The van der Waals surface area contributed by atoms with Crippen LogP contribution in [0, 0.1) is 0 Å². The van der Waals surface area contributed by atoms with E-state index in [4.69, 9.17) is 4.74 Å². The molecule has 0 bridgehead atoms. The molecule has 0 radical (unpaired) electrons. The molecule has 0 atom stereocenters. The molecule has 0 saturated carbocycles. The number of likely N-dealkylation sites (tertiary alicyclic amines) is 1. The lowest BCUT2D eigenvalue weighted by atomic mass is 9.87. The molecule has 0 aliphatic carbocycles. The van der Waals surface area contributed by atoms with E-state index in [1.165, 1.54) is 10.9 Å². The number of nitrogens with zero attached hydrogens (tertiary/aromatic N) is 2. The molecule has 4 rings (SSSR count). The lowest BCUT2D eigenvalue weighted by Crippen LogP contribution is -2.40. The van der Waals surface area contributed by atoms with Gasteiger partial charge in [0.1, 0.15) is 5.75 Å². The van der Waals surface area contributed by atoms with Gasteiger partial charge in [0.25, 0.3) is 0 Å². The number of para-hydroxylation sites is 1. The third-order valence-electron chi connectivity index (χ3n) is 5.38. The predicted octanol–water partition coefficient (Wildman–Crippen LogP) is 5.43. The number of hydrogen-bond acceptors (Lipinski definition) is 3. The second kappa shape index (κ2) is 8.52. The van der Waals surface area contributed by atoms with E-state index in [0.29, 0.717) is 5.92 Å². The molecule has 0 unspecified atom stereocenters. The summed E-state index contributed by atoms with van der Waals surface area (Å²) in [6.07, 6.45) is 3.95. The Morgan fingerprint density at radius 2 is 1.79 bits per heavy atom. The van der Waals surface area contributed by atoms with Crippen molar-refractivity contribution in [3.05, 3.63) is 66.4 Å². The highest BCUT2D eigenvalue weighted by molar-refractivity contribution is 5.89. The molecule has 150 valence electrons. The van der Waals surface area contributed by atoms with E-state index in [1.54, 1.807) is 0 Å². The van der Waals surface area contributed by atoms with Crippen molar-refractivity contribution in [1.29, 1.82) is 0 Å². The van der Waals surface area contributed by atoms with E-state index in [2.05, 4.69) is 34.6 Å². The summed E-state index contributed by atoms with van der Waals surface area (Å²) in [6, 6.07) is 17.9. The van der Waals surface area contributed by atoms with Gasteiger partial charge in [-0.15, -0.1) is 0 Å². The van der Waals surface area contributed by atoms with Crippen LogP contribution in [-0.2, 0) is 0 Å². The summed E-state index contributed by atoms with van der Waals surface area (Å²) >= 11 is 0. The monoisotopic (exact) mass is 389 g/mol. The Kier molecular flexibility index (Phi) is 5.65. The molecule has 2 heterocycles. The Labute approximate surface area is 171 Å². The highest BCUT2D eigenvalue weighted by Crippen LogP contribution is 2.32. The minimum atomic E-state index is -0.0411. The fourth-order valence-electron chi connectivity index (χ4n) is 3.96. The number of piperidine rings is 1. The van der Waals surface area contributed by atoms with Crippen LogP contribution in [0.5, 0.6) is 5.75 Å². The van der Waals surface area contributed by atoms with E-state index < -0.39 is 0 Å². The molecule has 1 saturated heterocycles. The van der Waals surface area contributed by atoms with Crippen LogP contribution in [0.2, 0.25) is 0 Å². The Bertz CT molecular complexity index is 972. The van der Waals surface area contributed by atoms with Crippen LogP contribution in [0.25, 0.3) is 10.9 Å². The minimum Gasteiger partial charge on any atom is -0.491 e. The zero-order chi connectivity index (χ0) is 20.2. The molecule has 1 N–H and O–H groups in total. The maximum absolute atomic E-state index is 12.7. The zero-order valence-electron chi connectivity index (χ0n) is 17.0. The van der Waals surface area contributed by atoms with E-state index in [1.807, 2.05) is 55.3 Å². The van der Waals surface area contributed by atoms with E-state index in [0.717, 1.165) is 42.9 Å². The summed E-state index contributed by atoms with van der Waals surface area (Å²) in [5.41, 5.74) is 3.17. The number of ether oxygens (including phenoxy) is 1.